The van der Waals surface area contributed by atoms with E-state index in [1.165, 1.54) is 13.2 Å². The van der Waals surface area contributed by atoms with E-state index in [2.05, 4.69) is 15.3 Å². The van der Waals surface area contributed by atoms with E-state index < -0.39 is 23.9 Å². The number of β-amino-alcohol motifs (C(OH)–C–C–N with tert-alkyl or cyclic N) is 1. The standard InChI is InChI=1S/C27H31FN4O5/c1-4-23(34)32-11-19(20(33)12-32)31-27(35)24-14(2)30-25-16(7-8-29-26(24)25)17-9-22(36-3)18(28)10-21(17)37-13-15-5-6-15/h7-10,15,19-20,30,33H,4-6,11-13H2,1-3H3,(H,31,35)/t19-,20-/m1/s1. The van der Waals surface area contributed by atoms with Gasteiger partial charge in [0.05, 0.1) is 36.9 Å². The molecule has 3 aromatic rings. The third-order valence-electron chi connectivity index (χ3n) is 7.08. The fraction of sp³-hybridized carbons (Fsp3) is 0.444. The number of likely N-dealkylation sites (tertiary alicyclic amines) is 1. The van der Waals surface area contributed by atoms with Crippen molar-refractivity contribution in [1.82, 2.24) is 20.2 Å². The molecule has 2 atom stereocenters. The van der Waals surface area contributed by atoms with Crippen molar-refractivity contribution in [2.75, 3.05) is 26.8 Å². The van der Waals surface area contributed by atoms with Crippen LogP contribution in [0.3, 0.4) is 0 Å². The van der Waals surface area contributed by atoms with Crippen LogP contribution in [0.4, 0.5) is 4.39 Å². The number of rotatable bonds is 8. The molecular weight excluding hydrogens is 479 g/mol. The van der Waals surface area contributed by atoms with Crippen molar-refractivity contribution in [1.29, 1.82) is 0 Å². The second-order valence-electron chi connectivity index (χ2n) is 9.74. The van der Waals surface area contributed by atoms with E-state index in [4.69, 9.17) is 9.47 Å². The Hall–Kier alpha value is -3.66. The number of pyridine rings is 1. The highest BCUT2D eigenvalue weighted by Crippen LogP contribution is 2.40. The summed E-state index contributed by atoms with van der Waals surface area (Å²) in [4.78, 5) is 34.7. The molecule has 1 aliphatic carbocycles. The number of carbonyl (C=O) groups is 2. The van der Waals surface area contributed by atoms with Gasteiger partial charge >= 0.3 is 0 Å². The number of hydrogen-bond donors (Lipinski definition) is 3. The van der Waals surface area contributed by atoms with Crippen LogP contribution in [0.25, 0.3) is 22.2 Å². The SMILES string of the molecule is CCC(=O)N1C[C@@H](O)[C@H](NC(=O)c2c(C)[nH]c3c(-c4cc(OC)c(F)cc4OCC4CC4)ccnc23)C1. The lowest BCUT2D eigenvalue weighted by atomic mass is 10.0. The second kappa shape index (κ2) is 10.0. The summed E-state index contributed by atoms with van der Waals surface area (Å²) in [5, 5.41) is 13.3. The lowest BCUT2D eigenvalue weighted by Crippen LogP contribution is -2.43. The summed E-state index contributed by atoms with van der Waals surface area (Å²) in [7, 11) is 1.41. The Morgan fingerprint density at radius 3 is 2.73 bits per heavy atom. The normalized spacial score (nSPS) is 19.3. The third-order valence-corrected chi connectivity index (χ3v) is 7.08. The molecule has 9 nitrogen and oxygen atoms in total. The number of aryl methyl sites for hydroxylation is 1. The molecule has 0 bridgehead atoms. The summed E-state index contributed by atoms with van der Waals surface area (Å²) in [6.45, 7) is 4.47. The highest BCUT2D eigenvalue weighted by atomic mass is 19.1. The molecule has 2 aliphatic rings. The minimum absolute atomic E-state index is 0.0696. The zero-order valence-electron chi connectivity index (χ0n) is 21.1. The number of ether oxygens (including phenoxy) is 2. The smallest absolute Gasteiger partial charge is 0.255 e. The molecule has 0 radical (unpaired) electrons. The fourth-order valence-electron chi connectivity index (χ4n) is 4.82. The maximum atomic E-state index is 14.6. The molecule has 2 amide bonds. The summed E-state index contributed by atoms with van der Waals surface area (Å²) >= 11 is 0. The molecule has 1 aromatic carbocycles. The first-order valence-electron chi connectivity index (χ1n) is 12.5. The van der Waals surface area contributed by atoms with E-state index in [0.717, 1.165) is 12.8 Å². The summed E-state index contributed by atoms with van der Waals surface area (Å²) in [5.74, 6) is -0.0270. The maximum absolute atomic E-state index is 14.6. The minimum Gasteiger partial charge on any atom is -0.494 e. The predicted molar refractivity (Wildman–Crippen MR) is 135 cm³/mol. The van der Waals surface area contributed by atoms with Gasteiger partial charge in [0, 0.05) is 48.6 Å². The van der Waals surface area contributed by atoms with Gasteiger partial charge in [0.1, 0.15) is 11.3 Å². The molecule has 0 spiro atoms. The number of benzene rings is 1. The molecule has 196 valence electrons. The van der Waals surface area contributed by atoms with Crippen molar-refractivity contribution in [3.63, 3.8) is 0 Å². The van der Waals surface area contributed by atoms with E-state index in [0.29, 0.717) is 58.1 Å². The van der Waals surface area contributed by atoms with E-state index >= 15 is 0 Å². The lowest BCUT2D eigenvalue weighted by molar-refractivity contribution is -0.130. The van der Waals surface area contributed by atoms with Crippen LogP contribution in [-0.4, -0.2) is 70.7 Å². The summed E-state index contributed by atoms with van der Waals surface area (Å²) in [6.07, 6.45) is 3.27. The Balaban J connectivity index is 1.49. The van der Waals surface area contributed by atoms with Crippen molar-refractivity contribution in [2.45, 2.75) is 45.3 Å². The van der Waals surface area contributed by atoms with Gasteiger partial charge in [-0.1, -0.05) is 6.92 Å². The Kier molecular flexibility index (Phi) is 6.76. The Bertz CT molecular complexity index is 1350. The molecule has 10 heteroatoms. The van der Waals surface area contributed by atoms with Crippen LogP contribution in [-0.2, 0) is 4.79 Å². The number of carbonyl (C=O) groups excluding carboxylic acids is 2. The van der Waals surface area contributed by atoms with Crippen LogP contribution in [0, 0.1) is 18.7 Å². The van der Waals surface area contributed by atoms with E-state index in [1.807, 2.05) is 0 Å². The van der Waals surface area contributed by atoms with Gasteiger partial charge in [0.25, 0.3) is 5.91 Å². The van der Waals surface area contributed by atoms with Gasteiger partial charge in [-0.3, -0.25) is 14.6 Å². The van der Waals surface area contributed by atoms with Crippen molar-refractivity contribution in [3.05, 3.63) is 41.5 Å². The van der Waals surface area contributed by atoms with Crippen LogP contribution >= 0.6 is 0 Å². The number of hydrogen-bond acceptors (Lipinski definition) is 6. The molecular formula is C27H31FN4O5. The number of fused-ring (bicyclic) bond motifs is 1. The fourth-order valence-corrected chi connectivity index (χ4v) is 4.82. The van der Waals surface area contributed by atoms with Crippen LogP contribution in [0.1, 0.15) is 42.2 Å². The van der Waals surface area contributed by atoms with Gasteiger partial charge in [0.2, 0.25) is 5.91 Å². The molecule has 1 saturated heterocycles. The molecule has 1 aliphatic heterocycles. The van der Waals surface area contributed by atoms with Crippen molar-refractivity contribution in [3.8, 4) is 22.6 Å². The van der Waals surface area contributed by atoms with Gasteiger partial charge in [-0.25, -0.2) is 4.39 Å². The van der Waals surface area contributed by atoms with Gasteiger partial charge in [-0.15, -0.1) is 0 Å². The molecule has 3 N–H and O–H groups in total. The Morgan fingerprint density at radius 2 is 2.03 bits per heavy atom. The van der Waals surface area contributed by atoms with Crippen LogP contribution < -0.4 is 14.8 Å². The predicted octanol–water partition coefficient (Wildman–Crippen LogP) is 3.19. The number of amides is 2. The minimum atomic E-state index is -0.855. The average Bonchev–Trinajstić information content (AvgIpc) is 3.55. The zero-order valence-corrected chi connectivity index (χ0v) is 21.1. The van der Waals surface area contributed by atoms with Crippen LogP contribution in [0.15, 0.2) is 24.4 Å². The Labute approximate surface area is 214 Å². The second-order valence-corrected chi connectivity index (χ2v) is 9.74. The number of aliphatic hydroxyl groups excluding tert-OH is 1. The largest absolute Gasteiger partial charge is 0.494 e. The number of nitrogens with one attached hydrogen (secondary N) is 2. The molecule has 2 aromatic heterocycles. The van der Waals surface area contributed by atoms with Gasteiger partial charge in [-0.05, 0) is 37.8 Å². The molecule has 3 heterocycles. The van der Waals surface area contributed by atoms with Gasteiger partial charge in [-0.2, -0.15) is 0 Å². The van der Waals surface area contributed by atoms with E-state index in [1.54, 1.807) is 37.1 Å². The first-order chi connectivity index (χ1) is 17.8. The highest BCUT2D eigenvalue weighted by molar-refractivity contribution is 6.10. The number of H-pyrrole nitrogens is 1. The van der Waals surface area contributed by atoms with Crippen molar-refractivity contribution >= 4 is 22.8 Å². The third kappa shape index (κ3) is 4.85. The first-order valence-corrected chi connectivity index (χ1v) is 12.5. The number of methoxy groups -OCH3 is 1. The molecule has 0 unspecified atom stereocenters. The molecule has 1 saturated carbocycles. The van der Waals surface area contributed by atoms with Gasteiger partial charge in [0.15, 0.2) is 11.6 Å². The number of nitrogens with zero attached hydrogens (tertiary/aromatic N) is 2. The van der Waals surface area contributed by atoms with E-state index in [9.17, 15) is 19.1 Å². The highest BCUT2D eigenvalue weighted by Gasteiger charge is 2.35. The first kappa shape index (κ1) is 25.0. The molecule has 2 fully saturated rings. The summed E-state index contributed by atoms with van der Waals surface area (Å²) < 4.78 is 25.8. The summed E-state index contributed by atoms with van der Waals surface area (Å²) in [5.41, 5.74) is 3.30. The Morgan fingerprint density at radius 1 is 1.24 bits per heavy atom. The number of aliphatic hydroxyl groups is 1. The number of aromatic nitrogens is 2. The quantitative estimate of drug-likeness (QED) is 0.429. The van der Waals surface area contributed by atoms with Gasteiger partial charge < -0.3 is 29.8 Å². The maximum Gasteiger partial charge on any atom is 0.255 e. The zero-order chi connectivity index (χ0) is 26.3. The van der Waals surface area contributed by atoms with Crippen molar-refractivity contribution < 1.29 is 28.6 Å². The number of halogens is 1. The monoisotopic (exact) mass is 510 g/mol. The van der Waals surface area contributed by atoms with E-state index in [-0.39, 0.29) is 24.7 Å². The number of aromatic amines is 1. The summed E-state index contributed by atoms with van der Waals surface area (Å²) in [6, 6.07) is 4.12. The van der Waals surface area contributed by atoms with Crippen molar-refractivity contribution in [2.24, 2.45) is 5.92 Å². The van der Waals surface area contributed by atoms with Crippen LogP contribution in [0.5, 0.6) is 11.5 Å². The average molecular weight is 511 g/mol. The molecule has 37 heavy (non-hydrogen) atoms. The lowest BCUT2D eigenvalue weighted by Gasteiger charge is -2.16. The topological polar surface area (TPSA) is 117 Å². The molecule has 5 rings (SSSR count). The van der Waals surface area contributed by atoms with Crippen LogP contribution in [0.2, 0.25) is 0 Å².